The van der Waals surface area contributed by atoms with Crippen LogP contribution in [0.2, 0.25) is 0 Å². The van der Waals surface area contributed by atoms with Crippen LogP contribution in [0.25, 0.3) is 0 Å². The van der Waals surface area contributed by atoms with E-state index in [4.69, 9.17) is 24.2 Å². The largest absolute Gasteiger partial charge is 0.486 e. The number of rotatable bonds is 6. The van der Waals surface area contributed by atoms with Crippen LogP contribution in [0.3, 0.4) is 0 Å². The first-order valence-electron chi connectivity index (χ1n) is 11.5. The van der Waals surface area contributed by atoms with Crippen molar-refractivity contribution in [1.29, 1.82) is 0 Å². The molecule has 0 radical (unpaired) electrons. The number of fused-ring (bicyclic) bond motifs is 1. The van der Waals surface area contributed by atoms with Crippen LogP contribution in [0.15, 0.2) is 29.4 Å². The lowest BCUT2D eigenvalue weighted by molar-refractivity contribution is -0.178. The molecule has 0 saturated carbocycles. The Kier molecular flexibility index (Phi) is 6.71. The van der Waals surface area contributed by atoms with E-state index >= 15 is 0 Å². The van der Waals surface area contributed by atoms with Gasteiger partial charge in [0, 0.05) is 24.9 Å². The number of nitrogens with zero attached hydrogens (tertiary/aromatic N) is 3. The SMILES string of the molecule is Cc1nc(C(=O)NCc2ccc3c(c2)CC(=O)CO3)cc(C2=NO[C@@H]([C@H]3CO[C@H](CO)CO3)C2)n1. The summed E-state index contributed by atoms with van der Waals surface area (Å²) in [6, 6.07) is 7.13. The number of aromatic nitrogens is 2. The van der Waals surface area contributed by atoms with Crippen molar-refractivity contribution in [2.75, 3.05) is 26.4 Å². The first-order valence-corrected chi connectivity index (χ1v) is 11.5. The van der Waals surface area contributed by atoms with E-state index in [1.165, 1.54) is 0 Å². The Hall–Kier alpha value is -3.41. The van der Waals surface area contributed by atoms with Crippen LogP contribution in [0.5, 0.6) is 5.75 Å². The summed E-state index contributed by atoms with van der Waals surface area (Å²) in [6.07, 6.45) is -0.183. The lowest BCUT2D eigenvalue weighted by Gasteiger charge is -2.30. The van der Waals surface area contributed by atoms with Crippen molar-refractivity contribution in [2.24, 2.45) is 5.16 Å². The molecule has 0 unspecified atom stereocenters. The highest BCUT2D eigenvalue weighted by molar-refractivity contribution is 6.02. The standard InChI is InChI=1S/C24H26N4O7/c1-13-26-18(19-7-22(35-28-19)23-12-32-17(9-29)11-34-23)6-20(27-13)24(31)25-8-14-2-3-21-15(4-14)5-16(30)10-33-21/h2-4,6,17,22-23,29H,5,7-12H2,1H3,(H,25,31)/t17-,22-,23-/m1/s1. The zero-order chi connectivity index (χ0) is 24.4. The molecule has 0 spiro atoms. The van der Waals surface area contributed by atoms with Gasteiger partial charge in [0.1, 0.15) is 41.8 Å². The number of carbonyl (C=O) groups excluding carboxylic acids is 2. The van der Waals surface area contributed by atoms with Crippen LogP contribution in [-0.4, -0.2) is 77.2 Å². The minimum atomic E-state index is -0.350. The molecule has 0 aliphatic carbocycles. The molecule has 0 bridgehead atoms. The number of oxime groups is 1. The highest BCUT2D eigenvalue weighted by Gasteiger charge is 2.35. The van der Waals surface area contributed by atoms with E-state index in [2.05, 4.69) is 20.4 Å². The molecule has 11 nitrogen and oxygen atoms in total. The maximum atomic E-state index is 12.8. The molecular formula is C24H26N4O7. The fourth-order valence-electron chi connectivity index (χ4n) is 4.17. The average molecular weight is 482 g/mol. The van der Waals surface area contributed by atoms with E-state index in [1.54, 1.807) is 13.0 Å². The molecule has 1 aromatic carbocycles. The molecule has 11 heteroatoms. The van der Waals surface area contributed by atoms with Gasteiger partial charge in [0.2, 0.25) is 0 Å². The van der Waals surface area contributed by atoms with E-state index in [0.29, 0.717) is 49.0 Å². The van der Waals surface area contributed by atoms with Crippen LogP contribution in [0, 0.1) is 6.92 Å². The molecule has 3 atom stereocenters. The zero-order valence-electron chi connectivity index (χ0n) is 19.2. The third-order valence-corrected chi connectivity index (χ3v) is 6.02. The summed E-state index contributed by atoms with van der Waals surface area (Å²) >= 11 is 0. The molecule has 1 saturated heterocycles. The van der Waals surface area contributed by atoms with Gasteiger partial charge < -0.3 is 29.5 Å². The van der Waals surface area contributed by atoms with Gasteiger partial charge in [-0.15, -0.1) is 0 Å². The van der Waals surface area contributed by atoms with E-state index in [9.17, 15) is 9.59 Å². The predicted molar refractivity (Wildman–Crippen MR) is 121 cm³/mol. The molecule has 35 heavy (non-hydrogen) atoms. The lowest BCUT2D eigenvalue weighted by Crippen LogP contribution is -2.43. The quantitative estimate of drug-likeness (QED) is 0.601. The Morgan fingerprint density at radius 1 is 1.17 bits per heavy atom. The van der Waals surface area contributed by atoms with Gasteiger partial charge in [-0.2, -0.15) is 0 Å². The summed E-state index contributed by atoms with van der Waals surface area (Å²) in [5.41, 5.74) is 3.01. The molecule has 1 amide bonds. The third-order valence-electron chi connectivity index (χ3n) is 6.02. The number of hydrogen-bond donors (Lipinski definition) is 2. The van der Waals surface area contributed by atoms with E-state index in [0.717, 1.165) is 11.1 Å². The van der Waals surface area contributed by atoms with E-state index < -0.39 is 0 Å². The second-order valence-corrected chi connectivity index (χ2v) is 8.71. The van der Waals surface area contributed by atoms with Crippen molar-refractivity contribution in [3.63, 3.8) is 0 Å². The number of ether oxygens (including phenoxy) is 3. The van der Waals surface area contributed by atoms with Gasteiger partial charge in [-0.25, -0.2) is 9.97 Å². The zero-order valence-corrected chi connectivity index (χ0v) is 19.2. The van der Waals surface area contributed by atoms with Gasteiger partial charge in [-0.1, -0.05) is 11.2 Å². The number of ketones is 1. The monoisotopic (exact) mass is 482 g/mol. The van der Waals surface area contributed by atoms with Gasteiger partial charge in [0.05, 0.1) is 25.5 Å². The molecule has 3 aliphatic heterocycles. The normalized spacial score (nSPS) is 23.7. The molecule has 2 aromatic rings. The molecule has 2 N–H and O–H groups in total. The van der Waals surface area contributed by atoms with Crippen LogP contribution < -0.4 is 10.1 Å². The predicted octanol–water partition coefficient (Wildman–Crippen LogP) is 0.488. The summed E-state index contributed by atoms with van der Waals surface area (Å²) in [7, 11) is 0. The smallest absolute Gasteiger partial charge is 0.270 e. The van der Waals surface area contributed by atoms with Crippen molar-refractivity contribution in [2.45, 2.75) is 44.6 Å². The van der Waals surface area contributed by atoms with Crippen molar-refractivity contribution < 1.29 is 33.7 Å². The first-order chi connectivity index (χ1) is 17.0. The molecule has 5 rings (SSSR count). The molecular weight excluding hydrogens is 456 g/mol. The number of Topliss-reactive ketones (excluding diaryl/α,β-unsaturated/α-hetero) is 1. The Morgan fingerprint density at radius 3 is 2.86 bits per heavy atom. The molecule has 1 aromatic heterocycles. The fraction of sp³-hybridized carbons (Fsp3) is 0.458. The van der Waals surface area contributed by atoms with Gasteiger partial charge in [-0.3, -0.25) is 9.59 Å². The number of aryl methyl sites for hydroxylation is 1. The van der Waals surface area contributed by atoms with E-state index in [-0.39, 0.29) is 55.5 Å². The first kappa shape index (κ1) is 23.3. The number of carbonyl (C=O) groups is 2. The Labute approximate surface area is 201 Å². The topological polar surface area (TPSA) is 141 Å². The van der Waals surface area contributed by atoms with Crippen LogP contribution >= 0.6 is 0 Å². The molecule has 1 fully saturated rings. The maximum Gasteiger partial charge on any atom is 0.270 e. The van der Waals surface area contributed by atoms with Gasteiger partial charge in [0.15, 0.2) is 11.9 Å². The minimum absolute atomic E-state index is 0.0284. The number of aliphatic hydroxyl groups excluding tert-OH is 1. The van der Waals surface area contributed by atoms with Crippen LogP contribution in [-0.2, 0) is 32.1 Å². The van der Waals surface area contributed by atoms with Gasteiger partial charge >= 0.3 is 0 Å². The minimum Gasteiger partial charge on any atom is -0.486 e. The second-order valence-electron chi connectivity index (χ2n) is 8.71. The maximum absolute atomic E-state index is 12.8. The van der Waals surface area contributed by atoms with Crippen molar-refractivity contribution in [3.05, 3.63) is 52.6 Å². The summed E-state index contributed by atoms with van der Waals surface area (Å²) in [4.78, 5) is 38.7. The molecule has 4 heterocycles. The second kappa shape index (κ2) is 10.1. The number of amides is 1. The Bertz CT molecular complexity index is 1160. The summed E-state index contributed by atoms with van der Waals surface area (Å²) < 4.78 is 16.7. The molecule has 3 aliphatic rings. The highest BCUT2D eigenvalue weighted by atomic mass is 16.7. The molecule has 184 valence electrons. The van der Waals surface area contributed by atoms with Gasteiger partial charge in [-0.05, 0) is 30.7 Å². The summed E-state index contributed by atoms with van der Waals surface area (Å²) in [5, 5.41) is 16.2. The van der Waals surface area contributed by atoms with Crippen molar-refractivity contribution in [3.8, 4) is 5.75 Å². The Morgan fingerprint density at radius 2 is 2.06 bits per heavy atom. The average Bonchev–Trinajstić information content (AvgIpc) is 3.37. The fourth-order valence-corrected chi connectivity index (χ4v) is 4.17. The number of aliphatic hydroxyl groups is 1. The number of nitrogens with one attached hydrogen (secondary N) is 1. The van der Waals surface area contributed by atoms with E-state index in [1.807, 2.05) is 18.2 Å². The third kappa shape index (κ3) is 5.31. The van der Waals surface area contributed by atoms with Crippen molar-refractivity contribution in [1.82, 2.24) is 15.3 Å². The number of benzene rings is 1. The Balaban J connectivity index is 1.21. The highest BCUT2D eigenvalue weighted by Crippen LogP contribution is 2.25. The lowest BCUT2D eigenvalue weighted by atomic mass is 10.0. The van der Waals surface area contributed by atoms with Crippen molar-refractivity contribution >= 4 is 17.4 Å². The summed E-state index contributed by atoms with van der Waals surface area (Å²) in [5.74, 6) is 0.816. The number of hydrogen-bond acceptors (Lipinski definition) is 10. The van der Waals surface area contributed by atoms with Crippen LogP contribution in [0.1, 0.15) is 39.6 Å². The summed E-state index contributed by atoms with van der Waals surface area (Å²) in [6.45, 7) is 2.59. The van der Waals surface area contributed by atoms with Crippen LogP contribution in [0.4, 0.5) is 0 Å². The van der Waals surface area contributed by atoms with Gasteiger partial charge in [0.25, 0.3) is 5.91 Å².